The van der Waals surface area contributed by atoms with Gasteiger partial charge in [-0.3, -0.25) is 20.1 Å². The van der Waals surface area contributed by atoms with Crippen LogP contribution in [0.15, 0.2) is 65.0 Å². The van der Waals surface area contributed by atoms with E-state index in [1.165, 1.54) is 0 Å². The number of nitrogens with one attached hydrogen (secondary N) is 2. The van der Waals surface area contributed by atoms with Gasteiger partial charge >= 0.3 is 0 Å². The van der Waals surface area contributed by atoms with Gasteiger partial charge < -0.3 is 5.32 Å². The van der Waals surface area contributed by atoms with Gasteiger partial charge in [0.25, 0.3) is 5.91 Å². The van der Waals surface area contributed by atoms with Crippen molar-refractivity contribution in [2.75, 3.05) is 5.32 Å². The van der Waals surface area contributed by atoms with E-state index in [-0.39, 0.29) is 5.91 Å². The zero-order valence-electron chi connectivity index (χ0n) is 13.9. The summed E-state index contributed by atoms with van der Waals surface area (Å²) in [7, 11) is 0. The normalized spacial score (nSPS) is 15.3. The first kappa shape index (κ1) is 15.6. The first-order chi connectivity index (χ1) is 13.2. The van der Waals surface area contributed by atoms with Crippen LogP contribution in [0.25, 0.3) is 27.3 Å². The average molecular weight is 372 g/mol. The van der Waals surface area contributed by atoms with E-state index in [9.17, 15) is 4.79 Å². The summed E-state index contributed by atoms with van der Waals surface area (Å²) in [5.41, 5.74) is 6.34. The minimum Gasteiger partial charge on any atom is -0.326 e. The molecule has 0 unspecified atom stereocenters. The van der Waals surface area contributed by atoms with Gasteiger partial charge in [-0.15, -0.1) is 11.3 Å². The van der Waals surface area contributed by atoms with Crippen LogP contribution in [0.4, 0.5) is 5.69 Å². The molecule has 3 heterocycles. The fourth-order valence-electron chi connectivity index (χ4n) is 2.83. The molecule has 5 rings (SSSR count). The number of hydrogen-bond donors (Lipinski definition) is 2. The number of carbonyl (C=O) groups is 1. The maximum Gasteiger partial charge on any atom is 0.276 e. The van der Waals surface area contributed by atoms with Crippen molar-refractivity contribution in [3.63, 3.8) is 0 Å². The van der Waals surface area contributed by atoms with Crippen LogP contribution in [0, 0.1) is 0 Å². The van der Waals surface area contributed by atoms with Crippen molar-refractivity contribution in [2.24, 2.45) is 4.99 Å². The Morgan fingerprint density at radius 1 is 0.963 bits per heavy atom. The quantitative estimate of drug-likeness (QED) is 0.527. The molecular weight excluding hydrogens is 360 g/mol. The van der Waals surface area contributed by atoms with E-state index >= 15 is 0 Å². The molecule has 2 aromatic carbocycles. The Morgan fingerprint density at radius 2 is 1.81 bits per heavy atom. The van der Waals surface area contributed by atoms with E-state index < -0.39 is 0 Å². The number of benzene rings is 2. The second kappa shape index (κ2) is 6.26. The molecule has 0 fully saturated rings. The van der Waals surface area contributed by atoms with Gasteiger partial charge in [-0.05, 0) is 42.0 Å². The van der Waals surface area contributed by atoms with Crippen LogP contribution < -0.4 is 10.6 Å². The summed E-state index contributed by atoms with van der Waals surface area (Å²) < 4.78 is 1.07. The van der Waals surface area contributed by atoms with E-state index in [1.807, 2.05) is 36.4 Å². The third-order valence-corrected chi connectivity index (χ3v) is 4.88. The van der Waals surface area contributed by atoms with Gasteiger partial charge in [0.1, 0.15) is 5.70 Å². The van der Waals surface area contributed by atoms with Crippen molar-refractivity contribution in [3.8, 4) is 0 Å². The lowest BCUT2D eigenvalue weighted by Gasteiger charge is -2.04. The van der Waals surface area contributed by atoms with Crippen molar-refractivity contribution < 1.29 is 4.79 Å². The molecule has 1 amide bonds. The molecule has 7 nitrogen and oxygen atoms in total. The lowest BCUT2D eigenvalue weighted by Crippen LogP contribution is -2.29. The Labute approximate surface area is 157 Å². The molecule has 0 atom stereocenters. The molecule has 0 aliphatic carbocycles. The van der Waals surface area contributed by atoms with Crippen LogP contribution in [0.3, 0.4) is 0 Å². The Kier molecular flexibility index (Phi) is 3.61. The topological polar surface area (TPSA) is 92.2 Å². The van der Waals surface area contributed by atoms with Gasteiger partial charge in [0.05, 0.1) is 26.8 Å². The predicted octanol–water partition coefficient (Wildman–Crippen LogP) is 3.18. The Hall–Kier alpha value is -3.65. The molecule has 1 aliphatic rings. The molecule has 8 heteroatoms. The second-order valence-electron chi connectivity index (χ2n) is 5.91. The van der Waals surface area contributed by atoms with E-state index in [1.54, 1.807) is 35.3 Å². The van der Waals surface area contributed by atoms with Crippen LogP contribution in [-0.2, 0) is 4.79 Å². The van der Waals surface area contributed by atoms with Gasteiger partial charge in [-0.2, -0.15) is 0 Å². The molecular formula is C19H12N6OS. The standard InChI is InChI=1S/C19H12N6OS/c26-18-16(8-11-1-3-13-15(7-11)21-6-5-20-13)24-19(25-18)23-12-2-4-14-17(9-12)27-10-22-14/h1-10H,(H2,23,24,25,26). The molecule has 0 saturated heterocycles. The van der Waals surface area contributed by atoms with Crippen LogP contribution in [-0.4, -0.2) is 26.8 Å². The van der Waals surface area contributed by atoms with Crippen LogP contribution in [0.2, 0.25) is 0 Å². The highest BCUT2D eigenvalue weighted by Crippen LogP contribution is 2.22. The third-order valence-electron chi connectivity index (χ3n) is 4.09. The van der Waals surface area contributed by atoms with Crippen molar-refractivity contribution in [2.45, 2.75) is 0 Å². The number of fused-ring (bicyclic) bond motifs is 2. The van der Waals surface area contributed by atoms with Gasteiger partial charge in [-0.1, -0.05) is 6.07 Å². The minimum absolute atomic E-state index is 0.254. The number of aromatic nitrogens is 3. The summed E-state index contributed by atoms with van der Waals surface area (Å²) in [5, 5.41) is 5.88. The van der Waals surface area contributed by atoms with Crippen molar-refractivity contribution in [1.82, 2.24) is 20.3 Å². The molecule has 27 heavy (non-hydrogen) atoms. The molecule has 0 spiro atoms. The molecule has 0 saturated carbocycles. The highest BCUT2D eigenvalue weighted by atomic mass is 32.1. The molecule has 2 N–H and O–H groups in total. The number of thiazole rings is 1. The smallest absolute Gasteiger partial charge is 0.276 e. The van der Waals surface area contributed by atoms with Gasteiger partial charge in [-0.25, -0.2) is 9.98 Å². The molecule has 0 bridgehead atoms. The number of anilines is 1. The summed E-state index contributed by atoms with van der Waals surface area (Å²) in [4.78, 5) is 29.4. The first-order valence-electron chi connectivity index (χ1n) is 8.17. The lowest BCUT2D eigenvalue weighted by molar-refractivity contribution is -0.115. The molecule has 0 radical (unpaired) electrons. The first-order valence-corrected chi connectivity index (χ1v) is 9.05. The SMILES string of the molecule is O=C1NC(Nc2ccc3ncsc3c2)=NC1=Cc1ccc2nccnc2c1. The van der Waals surface area contributed by atoms with Crippen molar-refractivity contribution in [3.05, 3.63) is 65.6 Å². The summed E-state index contributed by atoms with van der Waals surface area (Å²) in [6, 6.07) is 11.4. The monoisotopic (exact) mass is 372 g/mol. The van der Waals surface area contributed by atoms with Crippen LogP contribution in [0.5, 0.6) is 0 Å². The zero-order chi connectivity index (χ0) is 18.2. The Morgan fingerprint density at radius 3 is 2.74 bits per heavy atom. The number of aliphatic imine (C=N–C) groups is 1. The van der Waals surface area contributed by atoms with Crippen molar-refractivity contribution in [1.29, 1.82) is 0 Å². The number of guanidine groups is 1. The maximum absolute atomic E-state index is 12.2. The molecule has 1 aliphatic heterocycles. The fourth-order valence-corrected chi connectivity index (χ4v) is 3.54. The second-order valence-corrected chi connectivity index (χ2v) is 6.79. The third kappa shape index (κ3) is 3.02. The summed E-state index contributed by atoms with van der Waals surface area (Å²) in [6.45, 7) is 0. The van der Waals surface area contributed by atoms with Gasteiger partial charge in [0.2, 0.25) is 5.96 Å². The van der Waals surface area contributed by atoms with Crippen molar-refractivity contribution >= 4 is 56.2 Å². The summed E-state index contributed by atoms with van der Waals surface area (Å²) >= 11 is 1.56. The highest BCUT2D eigenvalue weighted by Gasteiger charge is 2.20. The van der Waals surface area contributed by atoms with E-state index in [2.05, 4.69) is 30.6 Å². The minimum atomic E-state index is -0.254. The Balaban J connectivity index is 1.43. The number of rotatable bonds is 2. The van der Waals surface area contributed by atoms with E-state index in [0.717, 1.165) is 32.5 Å². The Bertz CT molecular complexity index is 1260. The average Bonchev–Trinajstić information content (AvgIpc) is 3.28. The van der Waals surface area contributed by atoms with E-state index in [0.29, 0.717) is 11.7 Å². The van der Waals surface area contributed by atoms with Gasteiger partial charge in [0.15, 0.2) is 0 Å². The number of hydrogen-bond acceptors (Lipinski definition) is 7. The van der Waals surface area contributed by atoms with Crippen LogP contribution in [0.1, 0.15) is 5.56 Å². The molecule has 2 aromatic heterocycles. The molecule has 4 aromatic rings. The fraction of sp³-hybridized carbons (Fsp3) is 0. The van der Waals surface area contributed by atoms with E-state index in [4.69, 9.17) is 0 Å². The summed E-state index contributed by atoms with van der Waals surface area (Å²) in [6.07, 6.45) is 5.02. The lowest BCUT2D eigenvalue weighted by atomic mass is 10.1. The maximum atomic E-state index is 12.2. The predicted molar refractivity (Wildman–Crippen MR) is 106 cm³/mol. The largest absolute Gasteiger partial charge is 0.326 e. The van der Waals surface area contributed by atoms with Crippen LogP contribution >= 0.6 is 11.3 Å². The number of amides is 1. The summed E-state index contributed by atoms with van der Waals surface area (Å²) in [5.74, 6) is 0.145. The van der Waals surface area contributed by atoms with Gasteiger partial charge in [0, 0.05) is 18.1 Å². The molecule has 130 valence electrons. The number of carbonyl (C=O) groups excluding carboxylic acids is 1. The number of nitrogens with zero attached hydrogens (tertiary/aromatic N) is 4. The zero-order valence-corrected chi connectivity index (χ0v) is 14.7. The highest BCUT2D eigenvalue weighted by molar-refractivity contribution is 7.16.